The van der Waals surface area contributed by atoms with E-state index >= 15 is 0 Å². The van der Waals surface area contributed by atoms with Gasteiger partial charge in [-0.05, 0) is 30.7 Å². The highest BCUT2D eigenvalue weighted by Crippen LogP contribution is 2.50. The topological polar surface area (TPSA) is 80.0 Å². The summed E-state index contributed by atoms with van der Waals surface area (Å²) in [5.74, 6) is -1.81. The van der Waals surface area contributed by atoms with Gasteiger partial charge in [0.05, 0.1) is 12.8 Å². The molecular weight excluding hydrogens is 310 g/mol. The molecule has 6 nitrogen and oxygen atoms in total. The molecule has 124 valence electrons. The lowest BCUT2D eigenvalue weighted by Gasteiger charge is -2.52. The zero-order valence-corrected chi connectivity index (χ0v) is 13.1. The number of ether oxygens (including phenoxy) is 1. The first-order chi connectivity index (χ1) is 11.5. The number of rotatable bonds is 3. The monoisotopic (exact) mass is 327 g/mol. The second-order valence-corrected chi connectivity index (χ2v) is 6.45. The number of nitrogens with zero attached hydrogens (tertiary/aromatic N) is 1. The van der Waals surface area contributed by atoms with E-state index in [0.717, 1.165) is 5.56 Å². The second-order valence-electron chi connectivity index (χ2n) is 6.45. The number of carbonyl (C=O) groups excluding carboxylic acids is 1. The van der Waals surface area contributed by atoms with E-state index < -0.39 is 29.4 Å². The highest BCUT2D eigenvalue weighted by atomic mass is 16.5. The molecule has 1 aromatic carbocycles. The fourth-order valence-corrected chi connectivity index (χ4v) is 3.79. The molecule has 0 aliphatic carbocycles. The van der Waals surface area contributed by atoms with Gasteiger partial charge in [0.2, 0.25) is 5.91 Å². The molecule has 3 heterocycles. The fraction of sp³-hybridized carbons (Fsp3) is 0.333. The number of carboxylic acid groups (broad SMARTS) is 1. The normalized spacial score (nSPS) is 28.2. The molecule has 0 radical (unpaired) electrons. The number of fused-ring (bicyclic) bond motifs is 4. The van der Waals surface area contributed by atoms with E-state index in [9.17, 15) is 14.7 Å². The average molecular weight is 327 g/mol. The second kappa shape index (κ2) is 5.12. The number of amides is 1. The summed E-state index contributed by atoms with van der Waals surface area (Å²) < 4.78 is 11.5. The highest BCUT2D eigenvalue weighted by molar-refractivity contribution is 5.99. The van der Waals surface area contributed by atoms with Gasteiger partial charge in [0.25, 0.3) is 0 Å². The van der Waals surface area contributed by atoms with Gasteiger partial charge in [0.1, 0.15) is 17.4 Å². The van der Waals surface area contributed by atoms with Gasteiger partial charge < -0.3 is 14.3 Å². The van der Waals surface area contributed by atoms with Crippen LogP contribution in [0, 0.1) is 5.92 Å². The van der Waals surface area contributed by atoms with Crippen LogP contribution in [0.3, 0.4) is 0 Å². The summed E-state index contributed by atoms with van der Waals surface area (Å²) in [7, 11) is 0. The summed E-state index contributed by atoms with van der Waals surface area (Å²) in [5.41, 5.74) is -0.108. The zero-order chi connectivity index (χ0) is 16.9. The number of carbonyl (C=O) groups is 2. The first-order valence-electron chi connectivity index (χ1n) is 7.84. The Bertz CT molecular complexity index is 800. The third kappa shape index (κ3) is 2.10. The van der Waals surface area contributed by atoms with Crippen molar-refractivity contribution in [2.75, 3.05) is 0 Å². The molecule has 24 heavy (non-hydrogen) atoms. The van der Waals surface area contributed by atoms with E-state index in [2.05, 4.69) is 0 Å². The quantitative estimate of drug-likeness (QED) is 0.877. The number of carboxylic acids is 1. The number of hydrogen-bond donors (Lipinski definition) is 1. The number of para-hydroxylation sites is 1. The van der Waals surface area contributed by atoms with E-state index in [1.807, 2.05) is 31.2 Å². The number of likely N-dealkylation sites (tertiary alicyclic amines) is 1. The van der Waals surface area contributed by atoms with Crippen molar-refractivity contribution < 1.29 is 23.8 Å². The molecule has 2 aliphatic heterocycles. The van der Waals surface area contributed by atoms with Gasteiger partial charge in [-0.3, -0.25) is 14.5 Å². The Morgan fingerprint density at radius 1 is 1.33 bits per heavy atom. The van der Waals surface area contributed by atoms with Crippen LogP contribution in [0.4, 0.5) is 0 Å². The summed E-state index contributed by atoms with van der Waals surface area (Å²) in [5, 5.41) is 9.66. The minimum Gasteiger partial charge on any atom is -0.481 e. The summed E-state index contributed by atoms with van der Waals surface area (Å²) >= 11 is 0. The highest BCUT2D eigenvalue weighted by Gasteiger charge is 2.56. The Balaban J connectivity index is 1.81. The van der Waals surface area contributed by atoms with Gasteiger partial charge in [-0.1, -0.05) is 18.2 Å². The van der Waals surface area contributed by atoms with Crippen LogP contribution in [0.5, 0.6) is 5.75 Å². The molecule has 2 aromatic rings. The Hall–Kier alpha value is -2.76. The lowest BCUT2D eigenvalue weighted by molar-refractivity contribution is -0.182. The SMILES string of the molecule is CC12CC(c3ccccc3O1)C(C(=O)O)C(=O)N2Cc1ccco1. The van der Waals surface area contributed by atoms with E-state index in [1.165, 1.54) is 11.2 Å². The van der Waals surface area contributed by atoms with Gasteiger partial charge in [-0.25, -0.2) is 0 Å². The summed E-state index contributed by atoms with van der Waals surface area (Å²) in [6.45, 7) is 2.01. The number of furan rings is 1. The molecule has 2 bridgehead atoms. The van der Waals surface area contributed by atoms with Gasteiger partial charge in [0.15, 0.2) is 5.72 Å². The minimum atomic E-state index is -1.11. The van der Waals surface area contributed by atoms with Gasteiger partial charge in [-0.15, -0.1) is 0 Å². The van der Waals surface area contributed by atoms with Crippen LogP contribution in [0.2, 0.25) is 0 Å². The molecule has 3 atom stereocenters. The maximum absolute atomic E-state index is 12.9. The molecule has 1 fully saturated rings. The molecule has 1 N–H and O–H groups in total. The van der Waals surface area contributed by atoms with E-state index in [0.29, 0.717) is 17.9 Å². The van der Waals surface area contributed by atoms with Crippen molar-refractivity contribution in [3.05, 3.63) is 54.0 Å². The van der Waals surface area contributed by atoms with E-state index in [-0.39, 0.29) is 6.54 Å². The van der Waals surface area contributed by atoms with Gasteiger partial charge in [-0.2, -0.15) is 0 Å². The molecule has 6 heteroatoms. The smallest absolute Gasteiger partial charge is 0.316 e. The maximum Gasteiger partial charge on any atom is 0.316 e. The molecule has 1 amide bonds. The molecule has 2 aliphatic rings. The third-order valence-electron chi connectivity index (χ3n) is 4.91. The van der Waals surface area contributed by atoms with Crippen molar-refractivity contribution in [3.63, 3.8) is 0 Å². The van der Waals surface area contributed by atoms with Crippen LogP contribution in [0.25, 0.3) is 0 Å². The Morgan fingerprint density at radius 3 is 2.83 bits per heavy atom. The van der Waals surface area contributed by atoms with Crippen LogP contribution >= 0.6 is 0 Å². The third-order valence-corrected chi connectivity index (χ3v) is 4.91. The number of aliphatic carboxylic acids is 1. The average Bonchev–Trinajstić information content (AvgIpc) is 3.04. The predicted octanol–water partition coefficient (Wildman–Crippen LogP) is 2.61. The van der Waals surface area contributed by atoms with Crippen LogP contribution in [0.15, 0.2) is 47.1 Å². The lowest BCUT2D eigenvalue weighted by atomic mass is 9.73. The standard InChI is InChI=1S/C18H17NO5/c1-18-9-13(12-6-2-3-7-14(12)24-18)15(17(21)22)16(20)19(18)10-11-5-4-8-23-11/h2-8,13,15H,9-10H2,1H3,(H,21,22). The van der Waals surface area contributed by atoms with Crippen LogP contribution in [0.1, 0.15) is 30.6 Å². The number of benzene rings is 1. The van der Waals surface area contributed by atoms with Crippen molar-refractivity contribution in [1.82, 2.24) is 4.90 Å². The van der Waals surface area contributed by atoms with Crippen LogP contribution in [-0.4, -0.2) is 27.6 Å². The Morgan fingerprint density at radius 2 is 2.12 bits per heavy atom. The van der Waals surface area contributed by atoms with Gasteiger partial charge >= 0.3 is 5.97 Å². The van der Waals surface area contributed by atoms with Crippen molar-refractivity contribution in [2.45, 2.75) is 31.5 Å². The van der Waals surface area contributed by atoms with E-state index in [4.69, 9.17) is 9.15 Å². The zero-order valence-electron chi connectivity index (χ0n) is 13.1. The summed E-state index contributed by atoms with van der Waals surface area (Å²) in [4.78, 5) is 26.2. The lowest BCUT2D eigenvalue weighted by Crippen LogP contribution is -2.63. The first kappa shape index (κ1) is 14.8. The maximum atomic E-state index is 12.9. The first-order valence-corrected chi connectivity index (χ1v) is 7.84. The predicted molar refractivity (Wildman–Crippen MR) is 83.2 cm³/mol. The molecular formula is C18H17NO5. The fourth-order valence-electron chi connectivity index (χ4n) is 3.79. The van der Waals surface area contributed by atoms with Crippen molar-refractivity contribution in [2.24, 2.45) is 5.92 Å². The molecule has 0 saturated carbocycles. The molecule has 0 spiro atoms. The molecule has 1 saturated heterocycles. The van der Waals surface area contributed by atoms with Crippen LogP contribution < -0.4 is 4.74 Å². The minimum absolute atomic E-state index is 0.182. The van der Waals surface area contributed by atoms with E-state index in [1.54, 1.807) is 12.1 Å². The molecule has 4 rings (SSSR count). The Labute approximate surface area is 138 Å². The Kier molecular flexibility index (Phi) is 3.16. The molecule has 1 aromatic heterocycles. The summed E-state index contributed by atoms with van der Waals surface area (Å²) in [6.07, 6.45) is 1.97. The summed E-state index contributed by atoms with van der Waals surface area (Å²) in [6, 6.07) is 10.8. The number of piperidine rings is 1. The van der Waals surface area contributed by atoms with Crippen LogP contribution in [-0.2, 0) is 16.1 Å². The number of hydrogen-bond acceptors (Lipinski definition) is 4. The van der Waals surface area contributed by atoms with Gasteiger partial charge in [0, 0.05) is 12.3 Å². The van der Waals surface area contributed by atoms with Crippen molar-refractivity contribution in [3.8, 4) is 5.75 Å². The van der Waals surface area contributed by atoms with Crippen molar-refractivity contribution in [1.29, 1.82) is 0 Å². The molecule has 3 unspecified atom stereocenters. The largest absolute Gasteiger partial charge is 0.481 e. The van der Waals surface area contributed by atoms with Crippen molar-refractivity contribution >= 4 is 11.9 Å².